The van der Waals surface area contributed by atoms with E-state index in [1.165, 1.54) is 6.20 Å². The molecule has 0 bridgehead atoms. The van der Waals surface area contributed by atoms with Crippen molar-refractivity contribution in [3.63, 3.8) is 0 Å². The predicted octanol–water partition coefficient (Wildman–Crippen LogP) is 2.42. The van der Waals surface area contributed by atoms with Gasteiger partial charge in [-0.15, -0.1) is 0 Å². The van der Waals surface area contributed by atoms with E-state index in [1.54, 1.807) is 18.2 Å². The van der Waals surface area contributed by atoms with Crippen LogP contribution in [0.25, 0.3) is 0 Å². The lowest BCUT2D eigenvalue weighted by Crippen LogP contribution is -2.58. The number of aliphatic carboxylic acids is 2. The highest BCUT2D eigenvalue weighted by atomic mass is 35.5. The van der Waals surface area contributed by atoms with Crippen molar-refractivity contribution in [1.82, 2.24) is 10.6 Å². The van der Waals surface area contributed by atoms with E-state index in [0.29, 0.717) is 28.8 Å². The number of carboxylic acids is 2. The van der Waals surface area contributed by atoms with Crippen molar-refractivity contribution in [1.29, 1.82) is 0 Å². The lowest BCUT2D eigenvalue weighted by atomic mass is 9.95. The Kier molecular flexibility index (Phi) is 6.70. The van der Waals surface area contributed by atoms with E-state index in [4.69, 9.17) is 28.3 Å². The number of carbonyl (C=O) groups is 3. The molecule has 4 N–H and O–H groups in total. The van der Waals surface area contributed by atoms with Crippen LogP contribution in [0.1, 0.15) is 19.8 Å². The monoisotopic (exact) mass is 453 g/mol. The third kappa shape index (κ3) is 4.77. The smallest absolute Gasteiger partial charge is 0.333 e. The van der Waals surface area contributed by atoms with Gasteiger partial charge in [0.1, 0.15) is 0 Å². The molecular weight excluding hydrogens is 433 g/mol. The number of carboxylic acid groups (broad SMARTS) is 2. The van der Waals surface area contributed by atoms with Crippen molar-refractivity contribution >= 4 is 46.6 Å². The van der Waals surface area contributed by atoms with Gasteiger partial charge in [-0.3, -0.25) is 4.79 Å². The minimum atomic E-state index is -1.26. The number of Topliss-reactive ketones (excluding diaryl/α,β-unsaturated/α-hetero) is 1. The Labute approximate surface area is 183 Å². The molecule has 1 saturated heterocycles. The maximum atomic E-state index is 13.0. The molecule has 2 unspecified atom stereocenters. The van der Waals surface area contributed by atoms with Crippen LogP contribution in [-0.2, 0) is 14.4 Å². The number of allylic oxidation sites excluding steroid dienone is 1. The first-order chi connectivity index (χ1) is 14.2. The number of carbonyl (C=O) groups excluding carboxylic acids is 1. The third-order valence-electron chi connectivity index (χ3n) is 5.06. The van der Waals surface area contributed by atoms with Crippen molar-refractivity contribution in [2.45, 2.75) is 31.8 Å². The molecule has 30 heavy (non-hydrogen) atoms. The highest BCUT2D eigenvalue weighted by molar-refractivity contribution is 6.39. The van der Waals surface area contributed by atoms with Crippen LogP contribution in [0.5, 0.6) is 0 Å². The number of nitrogens with one attached hydrogen (secondary N) is 2. The van der Waals surface area contributed by atoms with E-state index in [1.807, 2.05) is 11.8 Å². The Hall–Kier alpha value is -2.55. The minimum absolute atomic E-state index is 0.0363. The fraction of sp³-hybridized carbons (Fsp3) is 0.350. The van der Waals surface area contributed by atoms with Crippen LogP contribution in [0.3, 0.4) is 0 Å². The van der Waals surface area contributed by atoms with Gasteiger partial charge in [0.15, 0.2) is 5.78 Å². The molecule has 2 atom stereocenters. The highest BCUT2D eigenvalue weighted by Crippen LogP contribution is 2.34. The van der Waals surface area contributed by atoms with Gasteiger partial charge in [-0.25, -0.2) is 9.59 Å². The lowest BCUT2D eigenvalue weighted by Gasteiger charge is -2.39. The van der Waals surface area contributed by atoms with E-state index in [0.717, 1.165) is 0 Å². The maximum absolute atomic E-state index is 13.0. The molecular formula is C20H21Cl2N3O5. The summed E-state index contributed by atoms with van der Waals surface area (Å²) in [5, 5.41) is 25.4. The van der Waals surface area contributed by atoms with Gasteiger partial charge < -0.3 is 25.7 Å². The Morgan fingerprint density at radius 2 is 1.80 bits per heavy atom. The summed E-state index contributed by atoms with van der Waals surface area (Å²) in [4.78, 5) is 37.6. The molecule has 2 aliphatic heterocycles. The second-order valence-electron chi connectivity index (χ2n) is 7.30. The summed E-state index contributed by atoms with van der Waals surface area (Å²) in [5.41, 5.74) is 0.646. The van der Waals surface area contributed by atoms with Crippen molar-refractivity contribution < 1.29 is 24.6 Å². The number of piperazine rings is 1. The Morgan fingerprint density at radius 3 is 2.40 bits per heavy atom. The normalized spacial score (nSPS) is 21.7. The summed E-state index contributed by atoms with van der Waals surface area (Å²) in [5.74, 6) is -2.68. The minimum Gasteiger partial charge on any atom is -0.478 e. The van der Waals surface area contributed by atoms with Crippen LogP contribution >= 0.6 is 23.2 Å². The largest absolute Gasteiger partial charge is 0.478 e. The van der Waals surface area contributed by atoms with Gasteiger partial charge in [0.05, 0.1) is 32.9 Å². The first-order valence-electron chi connectivity index (χ1n) is 9.29. The Morgan fingerprint density at radius 1 is 1.13 bits per heavy atom. The van der Waals surface area contributed by atoms with Crippen LogP contribution in [0.4, 0.5) is 5.69 Å². The fourth-order valence-electron chi connectivity index (χ4n) is 3.65. The summed E-state index contributed by atoms with van der Waals surface area (Å²) < 4.78 is 0. The lowest BCUT2D eigenvalue weighted by molar-refractivity contribution is -0.133. The average Bonchev–Trinajstić information content (AvgIpc) is 2.67. The summed E-state index contributed by atoms with van der Waals surface area (Å²) >= 11 is 12.6. The standard InChI is InChI=1S/C20H21Cl2N3O5/c1-10-8-25(18-13(21)3-2-4-14(18)22)9-16(24-10)17(26)6-15-12(20(29)30)5-11(7-23-15)19(27)28/h2-4,7,10,16,23-24H,5-6,8-9H2,1H3,(H,27,28)(H,29,30). The van der Waals surface area contributed by atoms with E-state index in [-0.39, 0.29) is 41.5 Å². The molecule has 0 aliphatic carbocycles. The summed E-state index contributed by atoms with van der Waals surface area (Å²) in [6, 6.07) is 4.60. The molecule has 0 amide bonds. The van der Waals surface area contributed by atoms with Crippen LogP contribution < -0.4 is 15.5 Å². The molecule has 1 aromatic rings. The zero-order chi connectivity index (χ0) is 22.0. The van der Waals surface area contributed by atoms with Crippen molar-refractivity contribution in [2.75, 3.05) is 18.0 Å². The molecule has 8 nitrogen and oxygen atoms in total. The number of anilines is 1. The molecule has 10 heteroatoms. The predicted molar refractivity (Wildman–Crippen MR) is 113 cm³/mol. The SMILES string of the molecule is CC1CN(c2c(Cl)cccc2Cl)CC(C(=O)CC2=C(C(=O)O)CC(C(=O)O)=CN2)N1. The average molecular weight is 454 g/mol. The second kappa shape index (κ2) is 9.07. The number of ketones is 1. The van der Waals surface area contributed by atoms with Gasteiger partial charge in [-0.1, -0.05) is 29.3 Å². The van der Waals surface area contributed by atoms with E-state index < -0.39 is 18.0 Å². The number of hydrogen-bond donors (Lipinski definition) is 4. The summed E-state index contributed by atoms with van der Waals surface area (Å²) in [7, 11) is 0. The molecule has 160 valence electrons. The zero-order valence-corrected chi connectivity index (χ0v) is 17.6. The van der Waals surface area contributed by atoms with Crippen LogP contribution in [0, 0.1) is 0 Å². The van der Waals surface area contributed by atoms with Gasteiger partial charge in [-0.05, 0) is 19.1 Å². The van der Waals surface area contributed by atoms with Crippen LogP contribution in [0.15, 0.2) is 41.2 Å². The van der Waals surface area contributed by atoms with Crippen LogP contribution in [0.2, 0.25) is 10.0 Å². The molecule has 2 aliphatic rings. The molecule has 0 radical (unpaired) electrons. The molecule has 0 aromatic heterocycles. The third-order valence-corrected chi connectivity index (χ3v) is 5.67. The maximum Gasteiger partial charge on any atom is 0.333 e. The quantitative estimate of drug-likeness (QED) is 0.518. The van der Waals surface area contributed by atoms with E-state index >= 15 is 0 Å². The Balaban J connectivity index is 1.78. The number of nitrogens with zero attached hydrogens (tertiary/aromatic N) is 1. The van der Waals surface area contributed by atoms with Gasteiger partial charge in [0.2, 0.25) is 0 Å². The summed E-state index contributed by atoms with van der Waals surface area (Å²) in [6.45, 7) is 2.84. The van der Waals surface area contributed by atoms with E-state index in [2.05, 4.69) is 10.6 Å². The molecule has 3 rings (SSSR count). The van der Waals surface area contributed by atoms with Gasteiger partial charge in [-0.2, -0.15) is 0 Å². The number of benzene rings is 1. The van der Waals surface area contributed by atoms with Crippen molar-refractivity contribution in [3.8, 4) is 0 Å². The molecule has 0 spiro atoms. The zero-order valence-electron chi connectivity index (χ0n) is 16.1. The topological polar surface area (TPSA) is 119 Å². The highest BCUT2D eigenvalue weighted by Gasteiger charge is 2.32. The number of halogens is 2. The molecule has 2 heterocycles. The first-order valence-corrected chi connectivity index (χ1v) is 10.0. The Bertz CT molecular complexity index is 940. The number of hydrogen-bond acceptors (Lipinski definition) is 6. The van der Waals surface area contributed by atoms with Crippen molar-refractivity contribution in [3.05, 3.63) is 51.3 Å². The molecule has 1 fully saturated rings. The molecule has 0 saturated carbocycles. The summed E-state index contributed by atoms with van der Waals surface area (Å²) in [6.07, 6.45) is 0.805. The second-order valence-corrected chi connectivity index (χ2v) is 8.11. The van der Waals surface area contributed by atoms with Crippen molar-refractivity contribution in [2.24, 2.45) is 0 Å². The van der Waals surface area contributed by atoms with Crippen LogP contribution in [-0.4, -0.2) is 53.1 Å². The number of rotatable bonds is 6. The van der Waals surface area contributed by atoms with Gasteiger partial charge >= 0.3 is 11.9 Å². The van der Waals surface area contributed by atoms with Gasteiger partial charge in [0, 0.05) is 43.9 Å². The van der Waals surface area contributed by atoms with E-state index in [9.17, 15) is 19.5 Å². The number of para-hydroxylation sites is 1. The van der Waals surface area contributed by atoms with Gasteiger partial charge in [0.25, 0.3) is 0 Å². The number of dihydropyridines is 1. The molecule has 1 aromatic carbocycles. The fourth-order valence-corrected chi connectivity index (χ4v) is 4.29. The first kappa shape index (κ1) is 22.1.